The molecule has 0 unspecified atom stereocenters. The molecule has 0 fully saturated rings. The number of carbonyl (C=O) groups excluding carboxylic acids is 2. The highest BCUT2D eigenvalue weighted by Crippen LogP contribution is 2.32. The van der Waals surface area contributed by atoms with Crippen molar-refractivity contribution in [2.45, 2.75) is 6.18 Å². The highest BCUT2D eigenvalue weighted by Gasteiger charge is 2.30. The van der Waals surface area contributed by atoms with Crippen LogP contribution in [0.15, 0.2) is 48.5 Å². The molecule has 0 aliphatic heterocycles. The predicted octanol–water partition coefficient (Wildman–Crippen LogP) is 4.43. The summed E-state index contributed by atoms with van der Waals surface area (Å²) >= 11 is 5.81. The first kappa shape index (κ1) is 21.0. The van der Waals surface area contributed by atoms with Gasteiger partial charge >= 0.3 is 12.1 Å². The Balaban J connectivity index is 1.95. The Hall–Kier alpha value is -3.31. The van der Waals surface area contributed by atoms with Crippen LogP contribution in [0.5, 0.6) is 0 Å². The number of halogens is 4. The molecule has 0 radical (unpaired) electrons. The van der Waals surface area contributed by atoms with Gasteiger partial charge in [0.1, 0.15) is 6.07 Å². The minimum atomic E-state index is -4.55. The summed E-state index contributed by atoms with van der Waals surface area (Å²) < 4.78 is 42.9. The van der Waals surface area contributed by atoms with Crippen molar-refractivity contribution in [1.29, 1.82) is 5.26 Å². The summed E-state index contributed by atoms with van der Waals surface area (Å²) in [6.07, 6.45) is -2.63. The number of nitriles is 1. The normalized spacial score (nSPS) is 11.1. The standard InChI is InChI=1S/C19H12ClF3N2O3/c20-15-7-6-14(19(21,22)23)9-12(15)5-8-18(27)28-11-17(26)25-16-4-2-1-3-13(16)10-24/h1-9H,11H2,(H,25,26)/b8-5+. The van der Waals surface area contributed by atoms with E-state index in [1.165, 1.54) is 12.1 Å². The maximum absolute atomic E-state index is 12.7. The van der Waals surface area contributed by atoms with Crippen LogP contribution in [0, 0.1) is 11.3 Å². The number of nitrogens with zero attached hydrogens (tertiary/aromatic N) is 1. The summed E-state index contributed by atoms with van der Waals surface area (Å²) in [5.41, 5.74) is -0.445. The molecule has 0 saturated carbocycles. The van der Waals surface area contributed by atoms with E-state index in [0.717, 1.165) is 30.4 Å². The fraction of sp³-hybridized carbons (Fsp3) is 0.105. The van der Waals surface area contributed by atoms with E-state index in [0.29, 0.717) is 0 Å². The van der Waals surface area contributed by atoms with Gasteiger partial charge in [-0.05, 0) is 42.0 Å². The molecule has 0 aliphatic carbocycles. The Kier molecular flexibility index (Phi) is 6.79. The van der Waals surface area contributed by atoms with E-state index in [-0.39, 0.29) is 21.8 Å². The maximum Gasteiger partial charge on any atom is 0.416 e. The average Bonchev–Trinajstić information content (AvgIpc) is 2.65. The first-order valence-electron chi connectivity index (χ1n) is 7.71. The van der Waals surface area contributed by atoms with E-state index >= 15 is 0 Å². The highest BCUT2D eigenvalue weighted by molar-refractivity contribution is 6.32. The summed E-state index contributed by atoms with van der Waals surface area (Å²) in [5, 5.41) is 11.4. The van der Waals surface area contributed by atoms with Crippen LogP contribution in [0.4, 0.5) is 18.9 Å². The van der Waals surface area contributed by atoms with Gasteiger partial charge in [-0.3, -0.25) is 4.79 Å². The molecule has 9 heteroatoms. The van der Waals surface area contributed by atoms with Crippen LogP contribution in [0.1, 0.15) is 16.7 Å². The second-order valence-corrected chi connectivity index (χ2v) is 5.79. The smallest absolute Gasteiger partial charge is 0.416 e. The fourth-order valence-corrected chi connectivity index (χ4v) is 2.25. The number of hydrogen-bond acceptors (Lipinski definition) is 4. The molecule has 28 heavy (non-hydrogen) atoms. The maximum atomic E-state index is 12.7. The topological polar surface area (TPSA) is 79.2 Å². The van der Waals surface area contributed by atoms with Crippen molar-refractivity contribution in [2.24, 2.45) is 0 Å². The number of amides is 1. The zero-order chi connectivity index (χ0) is 20.7. The lowest BCUT2D eigenvalue weighted by Gasteiger charge is -2.08. The molecule has 0 saturated heterocycles. The number of alkyl halides is 3. The fourth-order valence-electron chi connectivity index (χ4n) is 2.07. The quantitative estimate of drug-likeness (QED) is 0.586. The lowest BCUT2D eigenvalue weighted by Crippen LogP contribution is -2.20. The number of hydrogen-bond donors (Lipinski definition) is 1. The molecule has 0 atom stereocenters. The van der Waals surface area contributed by atoms with Gasteiger partial charge in [0.15, 0.2) is 6.61 Å². The lowest BCUT2D eigenvalue weighted by atomic mass is 10.1. The van der Waals surface area contributed by atoms with Crippen molar-refractivity contribution < 1.29 is 27.5 Å². The van der Waals surface area contributed by atoms with E-state index < -0.39 is 30.2 Å². The number of esters is 1. The van der Waals surface area contributed by atoms with E-state index in [4.69, 9.17) is 21.6 Å². The molecular formula is C19H12ClF3N2O3. The van der Waals surface area contributed by atoms with Crippen LogP contribution >= 0.6 is 11.6 Å². The molecule has 0 heterocycles. The lowest BCUT2D eigenvalue weighted by molar-refractivity contribution is -0.142. The van der Waals surface area contributed by atoms with Gasteiger partial charge in [-0.15, -0.1) is 0 Å². The van der Waals surface area contributed by atoms with Gasteiger partial charge in [-0.1, -0.05) is 23.7 Å². The minimum Gasteiger partial charge on any atom is -0.452 e. The number of rotatable bonds is 5. The summed E-state index contributed by atoms with van der Waals surface area (Å²) in [6.45, 7) is -0.640. The number of ether oxygens (including phenoxy) is 1. The van der Waals surface area contributed by atoms with E-state index in [1.807, 2.05) is 6.07 Å². The highest BCUT2D eigenvalue weighted by atomic mass is 35.5. The Morgan fingerprint density at radius 1 is 1.21 bits per heavy atom. The monoisotopic (exact) mass is 408 g/mol. The number of benzene rings is 2. The molecule has 2 aromatic rings. The van der Waals surface area contributed by atoms with Crippen LogP contribution in [0.25, 0.3) is 6.08 Å². The molecular weight excluding hydrogens is 397 g/mol. The Morgan fingerprint density at radius 2 is 1.93 bits per heavy atom. The van der Waals surface area contributed by atoms with Crippen molar-refractivity contribution in [3.05, 3.63) is 70.3 Å². The molecule has 1 N–H and O–H groups in total. The second kappa shape index (κ2) is 9.06. The minimum absolute atomic E-state index is 0.0166. The van der Waals surface area contributed by atoms with Crippen LogP contribution < -0.4 is 5.32 Å². The van der Waals surface area contributed by atoms with Gasteiger partial charge in [0.2, 0.25) is 0 Å². The average molecular weight is 409 g/mol. The van der Waals surface area contributed by atoms with E-state index in [2.05, 4.69) is 5.32 Å². The van der Waals surface area contributed by atoms with Gasteiger partial charge in [0.05, 0.1) is 16.8 Å². The molecule has 0 aromatic heterocycles. The van der Waals surface area contributed by atoms with Gasteiger partial charge < -0.3 is 10.1 Å². The van der Waals surface area contributed by atoms with E-state index in [1.54, 1.807) is 12.1 Å². The number of carbonyl (C=O) groups is 2. The summed E-state index contributed by atoms with van der Waals surface area (Å²) in [4.78, 5) is 23.5. The molecule has 2 aromatic carbocycles. The third kappa shape index (κ3) is 5.86. The molecule has 5 nitrogen and oxygen atoms in total. The Morgan fingerprint density at radius 3 is 2.61 bits per heavy atom. The van der Waals surface area contributed by atoms with Crippen molar-refractivity contribution in [3.63, 3.8) is 0 Å². The van der Waals surface area contributed by atoms with Crippen molar-refractivity contribution in [2.75, 3.05) is 11.9 Å². The third-order valence-electron chi connectivity index (χ3n) is 3.39. The Bertz CT molecular complexity index is 966. The zero-order valence-corrected chi connectivity index (χ0v) is 14.8. The van der Waals surface area contributed by atoms with Crippen molar-refractivity contribution >= 4 is 35.2 Å². The first-order valence-corrected chi connectivity index (χ1v) is 8.09. The molecule has 1 amide bonds. The molecule has 0 spiro atoms. The molecule has 0 aliphatic rings. The number of anilines is 1. The second-order valence-electron chi connectivity index (χ2n) is 5.38. The van der Waals surface area contributed by atoms with Crippen LogP contribution in [-0.2, 0) is 20.5 Å². The van der Waals surface area contributed by atoms with Crippen LogP contribution in [0.2, 0.25) is 5.02 Å². The van der Waals surface area contributed by atoms with Crippen LogP contribution in [0.3, 0.4) is 0 Å². The van der Waals surface area contributed by atoms with Crippen molar-refractivity contribution in [1.82, 2.24) is 0 Å². The number of nitrogens with one attached hydrogen (secondary N) is 1. The van der Waals surface area contributed by atoms with Gasteiger partial charge in [-0.25, -0.2) is 4.79 Å². The molecule has 144 valence electrons. The van der Waals surface area contributed by atoms with Gasteiger partial charge in [-0.2, -0.15) is 18.4 Å². The third-order valence-corrected chi connectivity index (χ3v) is 3.73. The largest absolute Gasteiger partial charge is 0.452 e. The zero-order valence-electron chi connectivity index (χ0n) is 14.1. The molecule has 0 bridgehead atoms. The van der Waals surface area contributed by atoms with Gasteiger partial charge in [0, 0.05) is 11.1 Å². The SMILES string of the molecule is N#Cc1ccccc1NC(=O)COC(=O)/C=C/c1cc(C(F)(F)F)ccc1Cl. The van der Waals surface area contributed by atoms with Crippen LogP contribution in [-0.4, -0.2) is 18.5 Å². The van der Waals surface area contributed by atoms with Gasteiger partial charge in [0.25, 0.3) is 5.91 Å². The first-order chi connectivity index (χ1) is 13.2. The predicted molar refractivity (Wildman–Crippen MR) is 96.2 cm³/mol. The summed E-state index contributed by atoms with van der Waals surface area (Å²) in [6, 6.07) is 10.8. The number of para-hydroxylation sites is 1. The van der Waals surface area contributed by atoms with E-state index in [9.17, 15) is 22.8 Å². The Labute approximate surface area is 163 Å². The molecule has 2 rings (SSSR count). The summed E-state index contributed by atoms with van der Waals surface area (Å²) in [5.74, 6) is -1.63. The summed E-state index contributed by atoms with van der Waals surface area (Å²) in [7, 11) is 0. The van der Waals surface area contributed by atoms with Crippen molar-refractivity contribution in [3.8, 4) is 6.07 Å².